The van der Waals surface area contributed by atoms with E-state index < -0.39 is 0 Å². The van der Waals surface area contributed by atoms with Crippen LogP contribution in [0.5, 0.6) is 0 Å². The van der Waals surface area contributed by atoms with Gasteiger partial charge in [0.05, 0.1) is 5.75 Å². The molecule has 0 saturated heterocycles. The fourth-order valence-electron chi connectivity index (χ4n) is 1.83. The van der Waals surface area contributed by atoms with Gasteiger partial charge in [0.15, 0.2) is 5.16 Å². The van der Waals surface area contributed by atoms with E-state index in [4.69, 9.17) is 0 Å². The second kappa shape index (κ2) is 7.09. The van der Waals surface area contributed by atoms with Crippen LogP contribution >= 0.6 is 27.7 Å². The van der Waals surface area contributed by atoms with Gasteiger partial charge in [-0.05, 0) is 30.7 Å². The summed E-state index contributed by atoms with van der Waals surface area (Å²) in [6.07, 6.45) is 0.828. The molecule has 5 nitrogen and oxygen atoms in total. The second-order valence-corrected chi connectivity index (χ2v) is 6.41. The number of halogens is 1. The molecule has 0 fully saturated rings. The largest absolute Gasteiger partial charge is 0.325 e. The molecule has 0 saturated carbocycles. The molecule has 21 heavy (non-hydrogen) atoms. The van der Waals surface area contributed by atoms with Gasteiger partial charge < -0.3 is 9.88 Å². The van der Waals surface area contributed by atoms with E-state index in [9.17, 15) is 4.79 Å². The van der Waals surface area contributed by atoms with E-state index >= 15 is 0 Å². The minimum Gasteiger partial charge on any atom is -0.325 e. The molecule has 1 heterocycles. The van der Waals surface area contributed by atoms with Crippen LogP contribution in [0.25, 0.3) is 0 Å². The lowest BCUT2D eigenvalue weighted by molar-refractivity contribution is -0.113. The Labute approximate surface area is 136 Å². The lowest BCUT2D eigenvalue weighted by atomic mass is 10.2. The maximum Gasteiger partial charge on any atom is 0.234 e. The van der Waals surface area contributed by atoms with Gasteiger partial charge in [-0.25, -0.2) is 0 Å². The Bertz CT molecular complexity index is 656. The summed E-state index contributed by atoms with van der Waals surface area (Å²) in [5.74, 6) is 1.18. The van der Waals surface area contributed by atoms with Gasteiger partial charge in [0.25, 0.3) is 0 Å². The molecule has 0 radical (unpaired) electrons. The molecule has 0 unspecified atom stereocenters. The number of thioether (sulfide) groups is 1. The molecule has 1 aromatic carbocycles. The highest BCUT2D eigenvalue weighted by Crippen LogP contribution is 2.21. The molecule has 0 bridgehead atoms. The number of hydrogen-bond acceptors (Lipinski definition) is 4. The summed E-state index contributed by atoms with van der Waals surface area (Å²) in [5.41, 5.74) is 1.88. The fourth-order valence-corrected chi connectivity index (χ4v) is 2.80. The monoisotopic (exact) mass is 368 g/mol. The summed E-state index contributed by atoms with van der Waals surface area (Å²) in [6.45, 7) is 4.02. The number of amides is 1. The van der Waals surface area contributed by atoms with E-state index in [1.165, 1.54) is 11.8 Å². The van der Waals surface area contributed by atoms with Crippen LogP contribution in [-0.4, -0.2) is 26.4 Å². The molecule has 112 valence electrons. The number of nitrogens with zero attached hydrogens (tertiary/aromatic N) is 3. The summed E-state index contributed by atoms with van der Waals surface area (Å²) in [7, 11) is 1.91. The first-order chi connectivity index (χ1) is 10.0. The molecule has 0 spiro atoms. The van der Waals surface area contributed by atoms with Crippen molar-refractivity contribution in [2.24, 2.45) is 7.05 Å². The number of aromatic nitrogens is 3. The maximum absolute atomic E-state index is 12.0. The van der Waals surface area contributed by atoms with Gasteiger partial charge in [-0.2, -0.15) is 0 Å². The van der Waals surface area contributed by atoms with Crippen LogP contribution in [0, 0.1) is 6.92 Å². The number of hydrogen-bond donors (Lipinski definition) is 1. The van der Waals surface area contributed by atoms with Gasteiger partial charge in [0.2, 0.25) is 5.91 Å². The van der Waals surface area contributed by atoms with Crippen LogP contribution in [0.3, 0.4) is 0 Å². The van der Waals surface area contributed by atoms with Gasteiger partial charge in [-0.3, -0.25) is 4.79 Å². The molecule has 0 aliphatic heterocycles. The highest BCUT2D eigenvalue weighted by Gasteiger charge is 2.10. The van der Waals surface area contributed by atoms with E-state index in [0.29, 0.717) is 5.75 Å². The molecule has 2 rings (SSSR count). The third kappa shape index (κ3) is 4.07. The molecule has 1 aromatic heterocycles. The molecule has 0 aliphatic rings. The van der Waals surface area contributed by atoms with Crippen molar-refractivity contribution in [2.75, 3.05) is 11.1 Å². The van der Waals surface area contributed by atoms with Crippen molar-refractivity contribution in [3.63, 3.8) is 0 Å². The van der Waals surface area contributed by atoms with Gasteiger partial charge >= 0.3 is 0 Å². The number of anilines is 1. The molecule has 1 N–H and O–H groups in total. The second-order valence-electron chi connectivity index (χ2n) is 4.61. The van der Waals surface area contributed by atoms with E-state index in [1.54, 1.807) is 0 Å². The zero-order chi connectivity index (χ0) is 15.4. The topological polar surface area (TPSA) is 59.8 Å². The van der Waals surface area contributed by atoms with Crippen LogP contribution in [0.2, 0.25) is 0 Å². The van der Waals surface area contributed by atoms with Crippen LogP contribution < -0.4 is 5.32 Å². The molecule has 7 heteroatoms. The highest BCUT2D eigenvalue weighted by molar-refractivity contribution is 9.10. The Hall–Kier alpha value is -1.34. The number of aryl methyl sites for hydroxylation is 2. The van der Waals surface area contributed by atoms with Crippen molar-refractivity contribution >= 4 is 39.3 Å². The zero-order valence-corrected chi connectivity index (χ0v) is 14.6. The average molecular weight is 369 g/mol. The van der Waals surface area contributed by atoms with Gasteiger partial charge in [-0.15, -0.1) is 10.2 Å². The lowest BCUT2D eigenvalue weighted by Crippen LogP contribution is -2.14. The summed E-state index contributed by atoms with van der Waals surface area (Å²) in [5, 5.41) is 11.8. The molecule has 2 aromatic rings. The number of rotatable bonds is 5. The summed E-state index contributed by atoms with van der Waals surface area (Å²) >= 11 is 4.83. The standard InChI is InChI=1S/C14H17BrN4OS/c1-4-12-17-18-14(19(12)3)21-8-13(20)16-10-5-6-11(15)9(2)7-10/h5-7H,4,8H2,1-3H3,(H,16,20). The van der Waals surface area contributed by atoms with Crippen LogP contribution in [0.1, 0.15) is 18.3 Å². The lowest BCUT2D eigenvalue weighted by Gasteiger charge is -2.07. The third-order valence-corrected chi connectivity index (χ3v) is 4.93. The van der Waals surface area contributed by atoms with Crippen molar-refractivity contribution in [3.8, 4) is 0 Å². The minimum atomic E-state index is -0.0530. The maximum atomic E-state index is 12.0. The molecular weight excluding hydrogens is 352 g/mol. The van der Waals surface area contributed by atoms with Crippen molar-refractivity contribution < 1.29 is 4.79 Å². The predicted octanol–water partition coefficient (Wildman–Crippen LogP) is 3.18. The number of carbonyl (C=O) groups is 1. The van der Waals surface area contributed by atoms with Crippen molar-refractivity contribution in [3.05, 3.63) is 34.1 Å². The van der Waals surface area contributed by atoms with Crippen LogP contribution in [0.4, 0.5) is 5.69 Å². The summed E-state index contributed by atoms with van der Waals surface area (Å²) < 4.78 is 2.95. The molecule has 0 atom stereocenters. The van der Waals surface area contributed by atoms with Crippen LogP contribution in [-0.2, 0) is 18.3 Å². The number of carbonyl (C=O) groups excluding carboxylic acids is 1. The SMILES string of the molecule is CCc1nnc(SCC(=O)Nc2ccc(Br)c(C)c2)n1C. The van der Waals surface area contributed by atoms with E-state index in [1.807, 2.05) is 43.7 Å². The van der Waals surface area contributed by atoms with Crippen molar-refractivity contribution in [1.29, 1.82) is 0 Å². The Morgan fingerprint density at radius 3 is 2.81 bits per heavy atom. The van der Waals surface area contributed by atoms with E-state index in [2.05, 4.69) is 31.4 Å². The number of benzene rings is 1. The quantitative estimate of drug-likeness (QED) is 0.823. The minimum absolute atomic E-state index is 0.0530. The normalized spacial score (nSPS) is 10.7. The van der Waals surface area contributed by atoms with E-state index in [-0.39, 0.29) is 5.91 Å². The third-order valence-electron chi connectivity index (χ3n) is 3.02. The van der Waals surface area contributed by atoms with Gasteiger partial charge in [0.1, 0.15) is 5.82 Å². The highest BCUT2D eigenvalue weighted by atomic mass is 79.9. The Morgan fingerprint density at radius 1 is 1.43 bits per heavy atom. The molecule has 0 aliphatic carbocycles. The zero-order valence-electron chi connectivity index (χ0n) is 12.2. The van der Waals surface area contributed by atoms with Crippen molar-refractivity contribution in [1.82, 2.24) is 14.8 Å². The van der Waals surface area contributed by atoms with Gasteiger partial charge in [0, 0.05) is 23.6 Å². The average Bonchev–Trinajstić information content (AvgIpc) is 2.81. The molecule has 1 amide bonds. The Morgan fingerprint density at radius 2 is 2.19 bits per heavy atom. The van der Waals surface area contributed by atoms with Crippen LogP contribution in [0.15, 0.2) is 27.8 Å². The van der Waals surface area contributed by atoms with Crippen molar-refractivity contribution in [2.45, 2.75) is 25.4 Å². The van der Waals surface area contributed by atoms with Gasteiger partial charge in [-0.1, -0.05) is 34.6 Å². The summed E-state index contributed by atoms with van der Waals surface area (Å²) in [4.78, 5) is 12.0. The predicted molar refractivity (Wildman–Crippen MR) is 88.6 cm³/mol. The first-order valence-corrected chi connectivity index (χ1v) is 8.36. The number of nitrogens with one attached hydrogen (secondary N) is 1. The first kappa shape index (κ1) is 16.0. The smallest absolute Gasteiger partial charge is 0.234 e. The molecular formula is C14H17BrN4OS. The first-order valence-electron chi connectivity index (χ1n) is 6.58. The Balaban J connectivity index is 1.92. The Kier molecular flexibility index (Phi) is 5.41. The fraction of sp³-hybridized carbons (Fsp3) is 0.357. The van der Waals surface area contributed by atoms with E-state index in [0.717, 1.165) is 33.1 Å². The summed E-state index contributed by atoms with van der Waals surface area (Å²) in [6, 6.07) is 5.73.